The molecule has 0 spiro atoms. The van der Waals surface area contributed by atoms with Crippen molar-refractivity contribution in [1.29, 1.82) is 0 Å². The average molecular weight is 557 g/mol. The maximum atomic E-state index is 13.0. The number of carbonyl (C=O) groups excluding carboxylic acids is 2. The van der Waals surface area contributed by atoms with Gasteiger partial charge in [0.15, 0.2) is 9.84 Å². The molecule has 8 nitrogen and oxygen atoms in total. The van der Waals surface area contributed by atoms with Gasteiger partial charge in [-0.25, -0.2) is 13.4 Å². The first-order chi connectivity index (χ1) is 16.4. The number of hydrogen-bond donors (Lipinski definition) is 3. The van der Waals surface area contributed by atoms with Gasteiger partial charge in [0.25, 0.3) is 5.91 Å². The first-order valence-corrected chi connectivity index (χ1v) is 12.9. The summed E-state index contributed by atoms with van der Waals surface area (Å²) in [6.45, 7) is 3.33. The third-order valence-corrected chi connectivity index (χ3v) is 8.03. The third-order valence-electron chi connectivity index (χ3n) is 5.01. The Balaban J connectivity index is 1.82. The fourth-order valence-corrected chi connectivity index (χ4v) is 5.61. The summed E-state index contributed by atoms with van der Waals surface area (Å²) in [5.41, 5.74) is 0.651. The van der Waals surface area contributed by atoms with Crippen LogP contribution >= 0.6 is 34.8 Å². The van der Waals surface area contributed by atoms with Crippen molar-refractivity contribution in [1.82, 2.24) is 4.98 Å². The maximum absolute atomic E-state index is 13.0. The zero-order valence-electron chi connectivity index (χ0n) is 18.5. The molecule has 2 amide bonds. The minimum atomic E-state index is -3.98. The van der Waals surface area contributed by atoms with E-state index in [1.165, 1.54) is 30.3 Å². The molecule has 0 aliphatic heterocycles. The van der Waals surface area contributed by atoms with Gasteiger partial charge in [0.05, 0.1) is 26.9 Å². The first-order valence-electron chi connectivity index (χ1n) is 10.2. The van der Waals surface area contributed by atoms with Crippen LogP contribution in [-0.2, 0) is 14.6 Å². The fourth-order valence-electron chi connectivity index (χ4n) is 3.24. The van der Waals surface area contributed by atoms with Crippen molar-refractivity contribution in [2.75, 3.05) is 10.6 Å². The Bertz CT molecular complexity index is 1410. The molecule has 184 valence electrons. The van der Waals surface area contributed by atoms with Crippen LogP contribution in [0, 0.1) is 6.92 Å². The largest absolute Gasteiger partial charge is 0.506 e. The second kappa shape index (κ2) is 10.8. The maximum Gasteiger partial charge on any atom is 0.258 e. The molecule has 0 saturated heterocycles. The van der Waals surface area contributed by atoms with Crippen molar-refractivity contribution in [2.45, 2.75) is 30.4 Å². The summed E-state index contributed by atoms with van der Waals surface area (Å²) in [5.74, 6) is -1.92. The van der Waals surface area contributed by atoms with Gasteiger partial charge in [0.1, 0.15) is 21.3 Å². The summed E-state index contributed by atoms with van der Waals surface area (Å²) in [6, 6.07) is 11.3. The summed E-state index contributed by atoms with van der Waals surface area (Å²) < 4.78 is 26.1. The Kier molecular flexibility index (Phi) is 8.27. The van der Waals surface area contributed by atoms with E-state index in [-0.39, 0.29) is 43.6 Å². The molecule has 1 heterocycles. The van der Waals surface area contributed by atoms with Gasteiger partial charge in [0, 0.05) is 6.07 Å². The predicted molar refractivity (Wildman–Crippen MR) is 136 cm³/mol. The molecular formula is C23H20Cl3N3O5S. The highest BCUT2D eigenvalue weighted by molar-refractivity contribution is 7.92. The molecule has 35 heavy (non-hydrogen) atoms. The lowest BCUT2D eigenvalue weighted by Crippen LogP contribution is -2.34. The highest BCUT2D eigenvalue weighted by Gasteiger charge is 2.33. The molecule has 1 aromatic heterocycles. The number of carbonyl (C=O) groups is 2. The molecule has 0 radical (unpaired) electrons. The van der Waals surface area contributed by atoms with Crippen molar-refractivity contribution in [2.24, 2.45) is 0 Å². The van der Waals surface area contributed by atoms with E-state index in [2.05, 4.69) is 15.6 Å². The minimum absolute atomic E-state index is 0.00966. The lowest BCUT2D eigenvalue weighted by molar-refractivity contribution is -0.115. The van der Waals surface area contributed by atoms with Crippen molar-refractivity contribution >= 4 is 67.8 Å². The van der Waals surface area contributed by atoms with Crippen LogP contribution in [0.3, 0.4) is 0 Å². The Labute approximate surface area is 217 Å². The topological polar surface area (TPSA) is 125 Å². The smallest absolute Gasteiger partial charge is 0.258 e. The first kappa shape index (κ1) is 26.7. The van der Waals surface area contributed by atoms with Gasteiger partial charge in [-0.15, -0.1) is 0 Å². The number of rotatable bonds is 7. The highest BCUT2D eigenvalue weighted by atomic mass is 35.5. The van der Waals surface area contributed by atoms with Crippen LogP contribution in [0.5, 0.6) is 5.75 Å². The van der Waals surface area contributed by atoms with Crippen LogP contribution in [0.15, 0.2) is 53.4 Å². The number of halogens is 3. The molecule has 3 N–H and O–H groups in total. The summed E-state index contributed by atoms with van der Waals surface area (Å²) in [5, 5.41) is 13.8. The zero-order chi connectivity index (χ0) is 25.9. The number of hydrogen-bond acceptors (Lipinski definition) is 6. The van der Waals surface area contributed by atoms with Crippen molar-refractivity contribution in [3.05, 3.63) is 75.0 Å². The summed E-state index contributed by atoms with van der Waals surface area (Å²) in [6.07, 6.45) is 0.00966. The quantitative estimate of drug-likeness (QED) is 0.261. The van der Waals surface area contributed by atoms with E-state index in [9.17, 15) is 23.1 Å². The van der Waals surface area contributed by atoms with E-state index in [1.807, 2.05) is 0 Å². The van der Waals surface area contributed by atoms with Crippen molar-refractivity contribution in [3.63, 3.8) is 0 Å². The van der Waals surface area contributed by atoms with E-state index in [4.69, 9.17) is 34.8 Å². The van der Waals surface area contributed by atoms with Crippen molar-refractivity contribution < 1.29 is 23.1 Å². The van der Waals surface area contributed by atoms with Crippen LogP contribution in [0.4, 0.5) is 11.4 Å². The van der Waals surface area contributed by atoms with Gasteiger partial charge in [-0.3, -0.25) is 9.59 Å². The molecule has 3 rings (SSSR count). The number of aryl methyl sites for hydroxylation is 1. The Morgan fingerprint density at radius 1 is 1.03 bits per heavy atom. The SMILES string of the molecule is CCC(C(=O)Nc1cc(O)c(NC(=O)c2ccc(Cl)nc2Cl)cc1Cl)S(=O)(=O)c1cccc(C)c1. The van der Waals surface area contributed by atoms with Crippen LogP contribution in [0.25, 0.3) is 0 Å². The van der Waals surface area contributed by atoms with Gasteiger partial charge in [0.2, 0.25) is 5.91 Å². The standard InChI is InChI=1S/C23H20Cl3N3O5S/c1-3-19(35(33,34)13-6-4-5-12(2)9-13)23(32)27-16-11-18(30)17(10-15(16)24)28-22(31)14-7-8-20(25)29-21(14)26/h4-11,19,30H,3H2,1-2H3,(H,27,32)(H,28,31). The molecular weight excluding hydrogens is 537 g/mol. The van der Waals surface area contributed by atoms with E-state index in [1.54, 1.807) is 26.0 Å². The number of pyridine rings is 1. The monoisotopic (exact) mass is 555 g/mol. The number of nitrogens with one attached hydrogen (secondary N) is 2. The van der Waals surface area contributed by atoms with Crippen LogP contribution in [0.1, 0.15) is 29.3 Å². The van der Waals surface area contributed by atoms with E-state index >= 15 is 0 Å². The average Bonchev–Trinajstić information content (AvgIpc) is 2.77. The summed E-state index contributed by atoms with van der Waals surface area (Å²) >= 11 is 17.9. The molecule has 0 bridgehead atoms. The number of amides is 2. The van der Waals surface area contributed by atoms with E-state index in [0.717, 1.165) is 11.6 Å². The van der Waals surface area contributed by atoms with Gasteiger partial charge < -0.3 is 15.7 Å². The molecule has 0 aliphatic rings. The van der Waals surface area contributed by atoms with Crippen LogP contribution < -0.4 is 10.6 Å². The number of phenols is 1. The molecule has 1 atom stereocenters. The fraction of sp³-hybridized carbons (Fsp3) is 0.174. The number of aromatic nitrogens is 1. The van der Waals surface area contributed by atoms with E-state index < -0.39 is 32.7 Å². The second-order valence-corrected chi connectivity index (χ2v) is 10.8. The predicted octanol–water partition coefficient (Wildman–Crippen LogP) is 5.50. The van der Waals surface area contributed by atoms with Crippen LogP contribution in [0.2, 0.25) is 15.3 Å². The normalized spacial score (nSPS) is 12.1. The number of sulfone groups is 1. The number of benzene rings is 2. The highest BCUT2D eigenvalue weighted by Crippen LogP contribution is 2.35. The van der Waals surface area contributed by atoms with E-state index in [0.29, 0.717) is 0 Å². The number of nitrogens with zero attached hydrogens (tertiary/aromatic N) is 1. The molecule has 0 aliphatic carbocycles. The minimum Gasteiger partial charge on any atom is -0.506 e. The van der Waals surface area contributed by atoms with Gasteiger partial charge >= 0.3 is 0 Å². The lowest BCUT2D eigenvalue weighted by Gasteiger charge is -2.18. The zero-order valence-corrected chi connectivity index (χ0v) is 21.6. The molecule has 1 unspecified atom stereocenters. The summed E-state index contributed by atoms with van der Waals surface area (Å²) in [4.78, 5) is 29.2. The molecule has 2 aromatic carbocycles. The Morgan fingerprint density at radius 3 is 2.37 bits per heavy atom. The third kappa shape index (κ3) is 6.05. The second-order valence-electron chi connectivity index (χ2n) is 7.52. The Hall–Kier alpha value is -2.85. The number of anilines is 2. The Morgan fingerprint density at radius 2 is 1.74 bits per heavy atom. The molecule has 0 fully saturated rings. The molecule has 3 aromatic rings. The number of aromatic hydroxyl groups is 1. The van der Waals surface area contributed by atoms with Gasteiger partial charge in [-0.1, -0.05) is 53.9 Å². The number of phenolic OH excluding ortho intramolecular Hbond substituents is 1. The lowest BCUT2D eigenvalue weighted by atomic mass is 10.2. The summed E-state index contributed by atoms with van der Waals surface area (Å²) in [7, 11) is -3.98. The van der Waals surface area contributed by atoms with Gasteiger partial charge in [-0.2, -0.15) is 0 Å². The van der Waals surface area contributed by atoms with Gasteiger partial charge in [-0.05, 0) is 49.2 Å². The molecule has 12 heteroatoms. The van der Waals surface area contributed by atoms with Crippen LogP contribution in [-0.4, -0.2) is 35.6 Å². The molecule has 0 saturated carbocycles. The van der Waals surface area contributed by atoms with Crippen molar-refractivity contribution in [3.8, 4) is 5.75 Å².